The van der Waals surface area contributed by atoms with Gasteiger partial charge in [-0.2, -0.15) is 0 Å². The van der Waals surface area contributed by atoms with Gasteiger partial charge in [-0.3, -0.25) is 4.98 Å². The van der Waals surface area contributed by atoms with Crippen LogP contribution in [0.1, 0.15) is 0 Å². The molecule has 4 heterocycles. The van der Waals surface area contributed by atoms with E-state index in [1.807, 2.05) is 18.2 Å². The van der Waals surface area contributed by atoms with Gasteiger partial charge in [0.1, 0.15) is 12.7 Å². The van der Waals surface area contributed by atoms with E-state index in [2.05, 4.69) is 15.3 Å². The lowest BCUT2D eigenvalue weighted by Gasteiger charge is -2.23. The van der Waals surface area contributed by atoms with Crippen LogP contribution in [0, 0.1) is 0 Å². The quantitative estimate of drug-likeness (QED) is 0.719. The Hall–Kier alpha value is -2.58. The molecule has 3 aromatic heterocycles. The molecule has 1 atom stereocenters. The average Bonchev–Trinajstić information content (AvgIpc) is 3.14. The van der Waals surface area contributed by atoms with Gasteiger partial charge in [0.15, 0.2) is 0 Å². The van der Waals surface area contributed by atoms with Crippen LogP contribution in [0.5, 0.6) is 5.88 Å². The number of alkyl halides is 2. The fraction of sp³-hybridized carbons (Fsp3) is 0.368. The van der Waals surface area contributed by atoms with Gasteiger partial charge in [-0.05, 0) is 24.3 Å². The molecule has 4 rings (SSSR count). The monoisotopic (exact) mass is 374 g/mol. The van der Waals surface area contributed by atoms with Crippen molar-refractivity contribution in [3.05, 3.63) is 42.9 Å². The second-order valence-corrected chi connectivity index (χ2v) is 6.38. The maximum Gasteiger partial charge on any atom is 0.256 e. The summed E-state index contributed by atoms with van der Waals surface area (Å²) < 4.78 is 38.3. The van der Waals surface area contributed by atoms with Gasteiger partial charge in [-0.25, -0.2) is 13.8 Å². The molecule has 0 saturated carbocycles. The normalized spacial score (nSPS) is 17.5. The Kier molecular flexibility index (Phi) is 5.26. The predicted molar refractivity (Wildman–Crippen MR) is 97.1 cm³/mol. The molecule has 27 heavy (non-hydrogen) atoms. The summed E-state index contributed by atoms with van der Waals surface area (Å²) in [4.78, 5) is 9.00. The molecule has 8 heteroatoms. The molecular weight excluding hydrogens is 354 g/mol. The van der Waals surface area contributed by atoms with E-state index in [0.29, 0.717) is 24.8 Å². The van der Waals surface area contributed by atoms with Crippen molar-refractivity contribution >= 4 is 10.9 Å². The number of fused-ring (bicyclic) bond motifs is 1. The minimum atomic E-state index is -2.40. The van der Waals surface area contributed by atoms with Gasteiger partial charge in [0.25, 0.3) is 6.43 Å². The first-order chi connectivity index (χ1) is 13.2. The Morgan fingerprint density at radius 3 is 3.11 bits per heavy atom. The van der Waals surface area contributed by atoms with Crippen molar-refractivity contribution in [2.24, 2.45) is 0 Å². The largest absolute Gasteiger partial charge is 0.474 e. The summed E-state index contributed by atoms with van der Waals surface area (Å²) in [5, 5.41) is 4.06. The summed E-state index contributed by atoms with van der Waals surface area (Å²) in [6, 6.07) is 7.32. The molecule has 6 nitrogen and oxygen atoms in total. The molecule has 0 aliphatic carbocycles. The summed E-state index contributed by atoms with van der Waals surface area (Å²) in [5.74, 6) is 0.464. The van der Waals surface area contributed by atoms with Gasteiger partial charge in [0, 0.05) is 37.2 Å². The predicted octanol–water partition coefficient (Wildman–Crippen LogP) is 2.73. The molecular formula is C19H20F2N4O2. The molecule has 0 amide bonds. The Morgan fingerprint density at radius 1 is 1.37 bits per heavy atom. The minimum absolute atomic E-state index is 0.0388. The van der Waals surface area contributed by atoms with E-state index in [-0.39, 0.29) is 12.6 Å². The summed E-state index contributed by atoms with van der Waals surface area (Å²) in [7, 11) is 0. The minimum Gasteiger partial charge on any atom is -0.474 e. The van der Waals surface area contributed by atoms with Crippen molar-refractivity contribution in [3.8, 4) is 17.1 Å². The first-order valence-electron chi connectivity index (χ1n) is 8.84. The fourth-order valence-electron chi connectivity index (χ4n) is 3.07. The highest BCUT2D eigenvalue weighted by molar-refractivity contribution is 5.86. The van der Waals surface area contributed by atoms with Crippen LogP contribution in [0.15, 0.2) is 42.9 Å². The summed E-state index contributed by atoms with van der Waals surface area (Å²) in [6.45, 7) is 2.25. The molecule has 0 aromatic carbocycles. The van der Waals surface area contributed by atoms with Gasteiger partial charge in [0.2, 0.25) is 5.88 Å². The van der Waals surface area contributed by atoms with Gasteiger partial charge >= 0.3 is 0 Å². The van der Waals surface area contributed by atoms with Crippen molar-refractivity contribution in [1.82, 2.24) is 19.9 Å². The van der Waals surface area contributed by atoms with Crippen molar-refractivity contribution in [3.63, 3.8) is 0 Å². The van der Waals surface area contributed by atoms with Crippen LogP contribution in [0.3, 0.4) is 0 Å². The van der Waals surface area contributed by atoms with E-state index >= 15 is 0 Å². The van der Waals surface area contributed by atoms with Gasteiger partial charge in [-0.1, -0.05) is 0 Å². The molecule has 1 N–H and O–H groups in total. The van der Waals surface area contributed by atoms with Gasteiger partial charge in [0.05, 0.1) is 29.7 Å². The second-order valence-electron chi connectivity index (χ2n) is 6.38. The van der Waals surface area contributed by atoms with E-state index in [1.54, 1.807) is 24.7 Å². The van der Waals surface area contributed by atoms with E-state index in [4.69, 9.17) is 9.47 Å². The highest BCUT2D eigenvalue weighted by Crippen LogP contribution is 2.28. The highest BCUT2D eigenvalue weighted by atomic mass is 19.3. The molecule has 3 aromatic rings. The van der Waals surface area contributed by atoms with E-state index in [9.17, 15) is 8.78 Å². The Balaban J connectivity index is 1.62. The molecule has 1 aliphatic rings. The number of morpholine rings is 1. The number of rotatable bonds is 6. The van der Waals surface area contributed by atoms with Crippen LogP contribution in [0.25, 0.3) is 22.2 Å². The van der Waals surface area contributed by atoms with Crippen LogP contribution < -0.4 is 10.1 Å². The van der Waals surface area contributed by atoms with Crippen LogP contribution >= 0.6 is 0 Å². The zero-order valence-electron chi connectivity index (χ0n) is 14.6. The first kappa shape index (κ1) is 17.8. The zero-order chi connectivity index (χ0) is 18.6. The van der Waals surface area contributed by atoms with Crippen LogP contribution in [-0.2, 0) is 11.3 Å². The maximum atomic E-state index is 12.6. The number of ether oxygens (including phenoxy) is 2. The van der Waals surface area contributed by atoms with Crippen LogP contribution in [0.2, 0.25) is 0 Å². The Morgan fingerprint density at radius 2 is 2.30 bits per heavy atom. The number of hydrogen-bond acceptors (Lipinski definition) is 5. The lowest BCUT2D eigenvalue weighted by Crippen LogP contribution is -2.41. The molecule has 0 unspecified atom stereocenters. The highest BCUT2D eigenvalue weighted by Gasteiger charge is 2.17. The molecule has 0 bridgehead atoms. The van der Waals surface area contributed by atoms with Crippen molar-refractivity contribution < 1.29 is 18.3 Å². The molecule has 142 valence electrons. The zero-order valence-corrected chi connectivity index (χ0v) is 14.6. The molecule has 0 radical (unpaired) electrons. The second kappa shape index (κ2) is 7.98. The molecule has 1 aliphatic heterocycles. The number of pyridine rings is 2. The first-order valence-corrected chi connectivity index (χ1v) is 8.84. The smallest absolute Gasteiger partial charge is 0.256 e. The third-order valence-electron chi connectivity index (χ3n) is 4.37. The Bertz CT molecular complexity index is 910. The molecule has 0 spiro atoms. The number of halogens is 2. The van der Waals surface area contributed by atoms with Gasteiger partial charge < -0.3 is 19.4 Å². The van der Waals surface area contributed by atoms with Crippen molar-refractivity contribution in [1.29, 1.82) is 0 Å². The third kappa shape index (κ3) is 4.23. The maximum absolute atomic E-state index is 12.6. The molecule has 1 fully saturated rings. The standard InChI is InChI=1S/C19H20F2N4O2/c20-18(21)11-25-6-3-13(10-25)16-8-17-15(2-1-4-23-17)19(24-16)27-12-14-9-22-5-7-26-14/h1-4,6,8,10,14,18,22H,5,7,9,11-12H2/t14-/m0/s1. The summed E-state index contributed by atoms with van der Waals surface area (Å²) in [6.07, 6.45) is 2.53. The Labute approximate surface area is 155 Å². The molecule has 1 saturated heterocycles. The lowest BCUT2D eigenvalue weighted by molar-refractivity contribution is -0.000365. The van der Waals surface area contributed by atoms with E-state index < -0.39 is 6.43 Å². The summed E-state index contributed by atoms with van der Waals surface area (Å²) in [5.41, 5.74) is 2.11. The van der Waals surface area contributed by atoms with Crippen LogP contribution in [0.4, 0.5) is 8.78 Å². The topological polar surface area (TPSA) is 61.2 Å². The van der Waals surface area contributed by atoms with Crippen LogP contribution in [-0.4, -0.2) is 53.4 Å². The lowest BCUT2D eigenvalue weighted by atomic mass is 10.1. The average molecular weight is 374 g/mol. The van der Waals surface area contributed by atoms with E-state index in [0.717, 1.165) is 29.6 Å². The SMILES string of the molecule is FC(F)Cn1ccc(-c2cc3ncccc3c(OC[C@@H]3CNCCO3)n2)c1. The van der Waals surface area contributed by atoms with Crippen molar-refractivity contribution in [2.45, 2.75) is 19.1 Å². The van der Waals surface area contributed by atoms with Gasteiger partial charge in [-0.15, -0.1) is 0 Å². The number of aromatic nitrogens is 3. The third-order valence-corrected chi connectivity index (χ3v) is 4.37. The van der Waals surface area contributed by atoms with Crippen molar-refractivity contribution in [2.75, 3.05) is 26.3 Å². The number of nitrogens with one attached hydrogen (secondary N) is 1. The summed E-state index contributed by atoms with van der Waals surface area (Å²) >= 11 is 0. The number of hydrogen-bond donors (Lipinski definition) is 1. The fourth-order valence-corrected chi connectivity index (χ4v) is 3.07. The number of nitrogens with zero attached hydrogens (tertiary/aromatic N) is 3. The van der Waals surface area contributed by atoms with E-state index in [1.165, 1.54) is 4.57 Å².